The van der Waals surface area contributed by atoms with Crippen molar-refractivity contribution < 1.29 is 14.4 Å². The van der Waals surface area contributed by atoms with Crippen LogP contribution in [0.2, 0.25) is 0 Å². The zero-order valence-electron chi connectivity index (χ0n) is 11.4. The summed E-state index contributed by atoms with van der Waals surface area (Å²) in [7, 11) is 1.62. The second-order valence-electron chi connectivity index (χ2n) is 4.65. The van der Waals surface area contributed by atoms with E-state index in [1.807, 2.05) is 30.4 Å². The largest absolute Gasteiger partial charge is 0.497 e. The van der Waals surface area contributed by atoms with Gasteiger partial charge in [-0.15, -0.1) is 0 Å². The highest BCUT2D eigenvalue weighted by Crippen LogP contribution is 2.35. The number of non-ortho nitro benzene ring substituents is 1. The van der Waals surface area contributed by atoms with E-state index < -0.39 is 4.92 Å². The van der Waals surface area contributed by atoms with Gasteiger partial charge in [0, 0.05) is 17.7 Å². The molecule has 0 N–H and O–H groups in total. The van der Waals surface area contributed by atoms with Gasteiger partial charge in [-0.2, -0.15) is 0 Å². The van der Waals surface area contributed by atoms with Crippen LogP contribution in [0.15, 0.2) is 48.5 Å². The molecule has 2 aromatic carbocycles. The molecule has 0 radical (unpaired) electrons. The lowest BCUT2D eigenvalue weighted by Crippen LogP contribution is -2.09. The predicted molar refractivity (Wildman–Crippen MR) is 78.5 cm³/mol. The maximum absolute atomic E-state index is 10.7. The van der Waals surface area contributed by atoms with E-state index in [1.54, 1.807) is 19.2 Å². The topological polar surface area (TPSA) is 61.6 Å². The first-order valence-electron chi connectivity index (χ1n) is 6.44. The molecule has 0 unspecified atom stereocenters. The molecule has 0 saturated carbocycles. The number of nitro groups is 1. The number of nitrogens with zero attached hydrogens (tertiary/aromatic N) is 1. The maximum atomic E-state index is 10.7. The number of fused-ring (bicyclic) bond motifs is 1. The summed E-state index contributed by atoms with van der Waals surface area (Å²) in [6.07, 6.45) is 3.64. The quantitative estimate of drug-likeness (QED) is 0.635. The summed E-state index contributed by atoms with van der Waals surface area (Å²) in [5.74, 6) is 1.54. The first kappa shape index (κ1) is 13.2. The van der Waals surface area contributed by atoms with Gasteiger partial charge in [-0.1, -0.05) is 6.08 Å². The van der Waals surface area contributed by atoms with Gasteiger partial charge >= 0.3 is 0 Å². The third-order valence-corrected chi connectivity index (χ3v) is 3.35. The summed E-state index contributed by atoms with van der Waals surface area (Å²) in [4.78, 5) is 10.2. The highest BCUT2D eigenvalue weighted by molar-refractivity contribution is 5.62. The van der Waals surface area contributed by atoms with Crippen molar-refractivity contribution in [1.82, 2.24) is 0 Å². The molecule has 5 heteroatoms. The number of hydrogen-bond donors (Lipinski definition) is 0. The zero-order valence-corrected chi connectivity index (χ0v) is 11.4. The lowest BCUT2D eigenvalue weighted by molar-refractivity contribution is -0.384. The minimum absolute atomic E-state index is 0.0728. The number of hydrogen-bond acceptors (Lipinski definition) is 4. The summed E-state index contributed by atoms with van der Waals surface area (Å²) in [6, 6.07) is 12.0. The molecule has 5 nitrogen and oxygen atoms in total. The third-order valence-electron chi connectivity index (χ3n) is 3.35. The Morgan fingerprint density at radius 2 is 1.95 bits per heavy atom. The van der Waals surface area contributed by atoms with Gasteiger partial charge in [-0.25, -0.2) is 0 Å². The molecule has 3 rings (SSSR count). The van der Waals surface area contributed by atoms with Crippen molar-refractivity contribution in [3.63, 3.8) is 0 Å². The van der Waals surface area contributed by atoms with E-state index in [4.69, 9.17) is 9.47 Å². The Labute approximate surface area is 121 Å². The molecular weight excluding hydrogens is 270 g/mol. The Morgan fingerprint density at radius 1 is 1.19 bits per heavy atom. The van der Waals surface area contributed by atoms with Crippen molar-refractivity contribution in [2.24, 2.45) is 0 Å². The Bertz CT molecular complexity index is 707. The second-order valence-corrected chi connectivity index (χ2v) is 4.65. The first-order chi connectivity index (χ1) is 10.2. The van der Waals surface area contributed by atoms with Crippen LogP contribution in [0.3, 0.4) is 0 Å². The Morgan fingerprint density at radius 3 is 2.62 bits per heavy atom. The predicted octanol–water partition coefficient (Wildman–Crippen LogP) is 3.75. The Balaban J connectivity index is 1.85. The van der Waals surface area contributed by atoms with Gasteiger partial charge in [0.05, 0.1) is 12.0 Å². The number of benzene rings is 2. The lowest BCUT2D eigenvalue weighted by atomic mass is 10.0. The number of nitro benzene ring substituents is 1. The van der Waals surface area contributed by atoms with E-state index in [1.165, 1.54) is 12.1 Å². The van der Waals surface area contributed by atoms with Crippen LogP contribution in [0.4, 0.5) is 5.69 Å². The maximum Gasteiger partial charge on any atom is 0.269 e. The fourth-order valence-corrected chi connectivity index (χ4v) is 2.22. The third kappa shape index (κ3) is 2.58. The average molecular weight is 283 g/mol. The molecular formula is C16H13NO4. The van der Waals surface area contributed by atoms with Crippen LogP contribution in [0.1, 0.15) is 17.2 Å². The van der Waals surface area contributed by atoms with E-state index >= 15 is 0 Å². The Kier molecular flexibility index (Phi) is 3.31. The smallest absolute Gasteiger partial charge is 0.269 e. The Hall–Kier alpha value is -2.82. The van der Waals surface area contributed by atoms with Crippen molar-refractivity contribution in [2.75, 3.05) is 7.11 Å². The van der Waals surface area contributed by atoms with Crippen molar-refractivity contribution in [3.8, 4) is 11.5 Å². The van der Waals surface area contributed by atoms with Gasteiger partial charge in [0.1, 0.15) is 17.6 Å². The van der Waals surface area contributed by atoms with Crippen LogP contribution in [-0.2, 0) is 0 Å². The normalized spacial score (nSPS) is 16.0. The first-order valence-corrected chi connectivity index (χ1v) is 6.44. The van der Waals surface area contributed by atoms with E-state index in [0.717, 1.165) is 22.6 Å². The van der Waals surface area contributed by atoms with Crippen LogP contribution in [0.25, 0.3) is 6.08 Å². The lowest BCUT2D eigenvalue weighted by Gasteiger charge is -2.22. The molecule has 0 saturated heterocycles. The van der Waals surface area contributed by atoms with Crippen molar-refractivity contribution >= 4 is 11.8 Å². The molecule has 106 valence electrons. The van der Waals surface area contributed by atoms with Crippen molar-refractivity contribution in [2.45, 2.75) is 6.10 Å². The summed E-state index contributed by atoms with van der Waals surface area (Å²) < 4.78 is 11.1. The van der Waals surface area contributed by atoms with Crippen LogP contribution < -0.4 is 9.47 Å². The van der Waals surface area contributed by atoms with E-state index in [0.29, 0.717) is 0 Å². The van der Waals surface area contributed by atoms with Gasteiger partial charge in [0.2, 0.25) is 0 Å². The molecule has 0 amide bonds. The fraction of sp³-hybridized carbons (Fsp3) is 0.125. The monoisotopic (exact) mass is 283 g/mol. The second kappa shape index (κ2) is 5.28. The van der Waals surface area contributed by atoms with Gasteiger partial charge in [0.15, 0.2) is 0 Å². The summed E-state index contributed by atoms with van der Waals surface area (Å²) in [6.45, 7) is 0. The zero-order chi connectivity index (χ0) is 14.8. The van der Waals surface area contributed by atoms with Gasteiger partial charge in [-0.3, -0.25) is 10.1 Å². The van der Waals surface area contributed by atoms with E-state index in [2.05, 4.69) is 0 Å². The SMILES string of the molecule is COc1ccc2c(c1)C=C[C@@H](c1ccc([N+](=O)[O-])cc1)O2. The van der Waals surface area contributed by atoms with Crippen molar-refractivity contribution in [3.05, 3.63) is 69.8 Å². The number of ether oxygens (including phenoxy) is 2. The van der Waals surface area contributed by atoms with E-state index in [9.17, 15) is 10.1 Å². The average Bonchev–Trinajstić information content (AvgIpc) is 2.54. The highest BCUT2D eigenvalue weighted by Gasteiger charge is 2.17. The number of rotatable bonds is 3. The molecule has 21 heavy (non-hydrogen) atoms. The molecule has 1 heterocycles. The van der Waals surface area contributed by atoms with Gasteiger partial charge in [-0.05, 0) is 42.0 Å². The van der Waals surface area contributed by atoms with E-state index in [-0.39, 0.29) is 11.8 Å². The molecule has 1 aliphatic heterocycles. The van der Waals surface area contributed by atoms with Crippen LogP contribution >= 0.6 is 0 Å². The molecule has 1 aliphatic rings. The minimum atomic E-state index is -0.414. The molecule has 0 bridgehead atoms. The number of methoxy groups -OCH3 is 1. The van der Waals surface area contributed by atoms with Gasteiger partial charge in [0.25, 0.3) is 5.69 Å². The molecule has 0 aromatic heterocycles. The van der Waals surface area contributed by atoms with Crippen molar-refractivity contribution in [1.29, 1.82) is 0 Å². The molecule has 0 fully saturated rings. The highest BCUT2D eigenvalue weighted by atomic mass is 16.6. The minimum Gasteiger partial charge on any atom is -0.497 e. The summed E-state index contributed by atoms with van der Waals surface area (Å²) in [5.41, 5.74) is 1.90. The standard InChI is InChI=1S/C16H13NO4/c1-20-14-7-9-16-12(10-14)4-8-15(21-16)11-2-5-13(6-3-11)17(18)19/h2-10,15H,1H3/t15-/m0/s1. The molecule has 2 aromatic rings. The molecule has 1 atom stereocenters. The van der Waals surface area contributed by atoms with Crippen LogP contribution in [-0.4, -0.2) is 12.0 Å². The van der Waals surface area contributed by atoms with Crippen LogP contribution in [0, 0.1) is 10.1 Å². The summed E-state index contributed by atoms with van der Waals surface area (Å²) in [5, 5.41) is 10.7. The summed E-state index contributed by atoms with van der Waals surface area (Å²) >= 11 is 0. The molecule has 0 aliphatic carbocycles. The fourth-order valence-electron chi connectivity index (χ4n) is 2.22. The van der Waals surface area contributed by atoms with Gasteiger partial charge < -0.3 is 9.47 Å². The van der Waals surface area contributed by atoms with Crippen LogP contribution in [0.5, 0.6) is 11.5 Å². The molecule has 0 spiro atoms.